The second-order valence-corrected chi connectivity index (χ2v) is 6.94. The predicted octanol–water partition coefficient (Wildman–Crippen LogP) is 3.34. The van der Waals surface area contributed by atoms with Crippen LogP contribution in [-0.4, -0.2) is 32.0 Å². The summed E-state index contributed by atoms with van der Waals surface area (Å²) in [5.41, 5.74) is 1.65. The average Bonchev–Trinajstić information content (AvgIpc) is 2.63. The fraction of sp³-hybridized carbons (Fsp3) is 0.316. The maximum absolute atomic E-state index is 13.0. The number of pyridine rings is 1. The molecule has 3 aromatic rings. The van der Waals surface area contributed by atoms with Crippen molar-refractivity contribution in [2.45, 2.75) is 31.3 Å². The van der Waals surface area contributed by atoms with Crippen LogP contribution < -0.4 is 5.56 Å². The largest absolute Gasteiger partial charge is 0.396 e. The number of aliphatic hydroxyl groups is 1. The lowest BCUT2D eigenvalue weighted by molar-refractivity contribution is 0.284. The van der Waals surface area contributed by atoms with Crippen molar-refractivity contribution in [3.05, 3.63) is 58.5 Å². The van der Waals surface area contributed by atoms with Crippen molar-refractivity contribution in [1.29, 1.82) is 0 Å². The standard InChI is InChI=1S/C19H21N3O2S/c1-14-9-10-17(20-13-14)22-18(24)15-7-3-4-8-16(15)21-19(22)25-12-6-2-5-11-23/h3-4,7-10,13,23H,2,5-6,11-12H2,1H3. The Hall–Kier alpha value is -2.18. The fourth-order valence-corrected chi connectivity index (χ4v) is 3.56. The number of fused-ring (bicyclic) bond motifs is 1. The van der Waals surface area contributed by atoms with Gasteiger partial charge in [0.05, 0.1) is 10.9 Å². The Morgan fingerprint density at radius 1 is 1.12 bits per heavy atom. The lowest BCUT2D eigenvalue weighted by Crippen LogP contribution is -2.22. The molecule has 0 aliphatic carbocycles. The first-order chi connectivity index (χ1) is 12.2. The third-order valence-corrected chi connectivity index (χ3v) is 4.93. The maximum atomic E-state index is 13.0. The van der Waals surface area contributed by atoms with Gasteiger partial charge >= 0.3 is 0 Å². The van der Waals surface area contributed by atoms with Gasteiger partial charge in [-0.05, 0) is 43.5 Å². The molecule has 0 radical (unpaired) electrons. The van der Waals surface area contributed by atoms with E-state index in [1.165, 1.54) is 0 Å². The van der Waals surface area contributed by atoms with Crippen molar-refractivity contribution in [2.24, 2.45) is 0 Å². The van der Waals surface area contributed by atoms with E-state index < -0.39 is 0 Å². The molecule has 0 saturated heterocycles. The number of unbranched alkanes of at least 4 members (excludes halogenated alkanes) is 2. The Labute approximate surface area is 150 Å². The van der Waals surface area contributed by atoms with Gasteiger partial charge in [0.15, 0.2) is 5.16 Å². The topological polar surface area (TPSA) is 68.0 Å². The lowest BCUT2D eigenvalue weighted by Gasteiger charge is -2.12. The minimum absolute atomic E-state index is 0.0974. The van der Waals surface area contributed by atoms with E-state index in [4.69, 9.17) is 5.11 Å². The molecule has 0 fully saturated rings. The molecular weight excluding hydrogens is 334 g/mol. The van der Waals surface area contributed by atoms with E-state index in [0.717, 1.165) is 30.6 Å². The van der Waals surface area contributed by atoms with Crippen LogP contribution in [0.5, 0.6) is 0 Å². The third kappa shape index (κ3) is 4.08. The van der Waals surface area contributed by atoms with Crippen LogP contribution in [0.25, 0.3) is 16.7 Å². The summed E-state index contributed by atoms with van der Waals surface area (Å²) in [5.74, 6) is 1.43. The van der Waals surface area contributed by atoms with Crippen LogP contribution in [0.15, 0.2) is 52.5 Å². The van der Waals surface area contributed by atoms with Gasteiger partial charge in [-0.2, -0.15) is 0 Å². The molecule has 0 aliphatic rings. The second kappa shape index (κ2) is 8.27. The highest BCUT2D eigenvalue weighted by molar-refractivity contribution is 7.99. The molecule has 2 aromatic heterocycles. The van der Waals surface area contributed by atoms with E-state index >= 15 is 0 Å². The van der Waals surface area contributed by atoms with Crippen molar-refractivity contribution in [1.82, 2.24) is 14.5 Å². The van der Waals surface area contributed by atoms with Crippen LogP contribution in [0, 0.1) is 6.92 Å². The molecule has 0 spiro atoms. The quantitative estimate of drug-likeness (QED) is 0.400. The van der Waals surface area contributed by atoms with Crippen molar-refractivity contribution < 1.29 is 5.11 Å². The molecule has 3 rings (SSSR count). The summed E-state index contributed by atoms with van der Waals surface area (Å²) < 4.78 is 1.60. The number of para-hydroxylation sites is 1. The number of aryl methyl sites for hydroxylation is 1. The number of thioether (sulfide) groups is 1. The molecular formula is C19H21N3O2S. The molecule has 0 unspecified atom stereocenters. The van der Waals surface area contributed by atoms with Crippen molar-refractivity contribution in [3.8, 4) is 5.82 Å². The fourth-order valence-electron chi connectivity index (χ4n) is 2.56. The molecule has 0 bridgehead atoms. The van der Waals surface area contributed by atoms with E-state index in [9.17, 15) is 4.79 Å². The van der Waals surface area contributed by atoms with Crippen LogP contribution >= 0.6 is 11.8 Å². The zero-order chi connectivity index (χ0) is 17.6. The first-order valence-corrected chi connectivity index (χ1v) is 9.38. The second-order valence-electron chi connectivity index (χ2n) is 5.88. The first-order valence-electron chi connectivity index (χ1n) is 8.39. The number of benzene rings is 1. The molecule has 0 amide bonds. The molecule has 1 aromatic carbocycles. The van der Waals surface area contributed by atoms with Gasteiger partial charge in [0.25, 0.3) is 5.56 Å². The van der Waals surface area contributed by atoms with Crippen LogP contribution in [-0.2, 0) is 0 Å². The summed E-state index contributed by atoms with van der Waals surface area (Å²) in [5, 5.41) is 10.1. The first kappa shape index (κ1) is 17.6. The number of nitrogens with zero attached hydrogens (tertiary/aromatic N) is 3. The van der Waals surface area contributed by atoms with E-state index in [-0.39, 0.29) is 12.2 Å². The zero-order valence-corrected chi connectivity index (χ0v) is 15.0. The molecule has 0 aliphatic heterocycles. The molecule has 1 N–H and O–H groups in total. The van der Waals surface area contributed by atoms with E-state index in [2.05, 4.69) is 9.97 Å². The summed E-state index contributed by atoms with van der Waals surface area (Å²) >= 11 is 1.56. The SMILES string of the molecule is Cc1ccc(-n2c(SCCCCCO)nc3ccccc3c2=O)nc1. The highest BCUT2D eigenvalue weighted by Gasteiger charge is 2.13. The van der Waals surface area contributed by atoms with Gasteiger partial charge in [-0.3, -0.25) is 4.79 Å². The molecule has 25 heavy (non-hydrogen) atoms. The van der Waals surface area contributed by atoms with Gasteiger partial charge in [0, 0.05) is 18.6 Å². The number of aliphatic hydroxyl groups excluding tert-OH is 1. The average molecular weight is 355 g/mol. The third-order valence-electron chi connectivity index (χ3n) is 3.90. The Kier molecular flexibility index (Phi) is 5.83. The molecule has 0 atom stereocenters. The van der Waals surface area contributed by atoms with Gasteiger partial charge in [0.2, 0.25) is 0 Å². The molecule has 5 nitrogen and oxygen atoms in total. The van der Waals surface area contributed by atoms with Gasteiger partial charge in [0.1, 0.15) is 5.82 Å². The summed E-state index contributed by atoms with van der Waals surface area (Å²) in [4.78, 5) is 22.1. The minimum Gasteiger partial charge on any atom is -0.396 e. The van der Waals surface area contributed by atoms with E-state index in [1.54, 1.807) is 28.6 Å². The smallest absolute Gasteiger partial charge is 0.267 e. The Morgan fingerprint density at radius 2 is 1.96 bits per heavy atom. The number of hydrogen-bond acceptors (Lipinski definition) is 5. The number of hydrogen-bond donors (Lipinski definition) is 1. The van der Waals surface area contributed by atoms with Crippen LogP contribution in [0.2, 0.25) is 0 Å². The normalized spacial score (nSPS) is 11.1. The van der Waals surface area contributed by atoms with Crippen LogP contribution in [0.4, 0.5) is 0 Å². The number of aromatic nitrogens is 3. The number of rotatable bonds is 7. The monoisotopic (exact) mass is 355 g/mol. The van der Waals surface area contributed by atoms with Gasteiger partial charge in [-0.1, -0.05) is 36.4 Å². The highest BCUT2D eigenvalue weighted by atomic mass is 32.2. The Bertz CT molecular complexity index is 907. The van der Waals surface area contributed by atoms with Gasteiger partial charge in [-0.25, -0.2) is 14.5 Å². The highest BCUT2D eigenvalue weighted by Crippen LogP contribution is 2.21. The van der Waals surface area contributed by atoms with Crippen molar-refractivity contribution >= 4 is 22.7 Å². The van der Waals surface area contributed by atoms with E-state index in [0.29, 0.717) is 21.9 Å². The summed E-state index contributed by atoms with van der Waals surface area (Å²) in [6.45, 7) is 2.19. The maximum Gasteiger partial charge on any atom is 0.267 e. The summed E-state index contributed by atoms with van der Waals surface area (Å²) in [6.07, 6.45) is 4.49. The molecule has 130 valence electrons. The summed E-state index contributed by atoms with van der Waals surface area (Å²) in [7, 11) is 0. The van der Waals surface area contributed by atoms with Gasteiger partial charge < -0.3 is 5.11 Å². The Balaban J connectivity index is 2.01. The zero-order valence-electron chi connectivity index (χ0n) is 14.2. The van der Waals surface area contributed by atoms with Crippen LogP contribution in [0.1, 0.15) is 24.8 Å². The predicted molar refractivity (Wildman–Crippen MR) is 102 cm³/mol. The lowest BCUT2D eigenvalue weighted by atomic mass is 10.2. The minimum atomic E-state index is -0.0974. The van der Waals surface area contributed by atoms with E-state index in [1.807, 2.05) is 37.3 Å². The Morgan fingerprint density at radius 3 is 2.72 bits per heavy atom. The molecule has 0 saturated carbocycles. The molecule has 6 heteroatoms. The van der Waals surface area contributed by atoms with Crippen molar-refractivity contribution in [3.63, 3.8) is 0 Å². The van der Waals surface area contributed by atoms with Crippen LogP contribution in [0.3, 0.4) is 0 Å². The summed E-state index contributed by atoms with van der Waals surface area (Å²) in [6, 6.07) is 11.2. The molecule has 2 heterocycles. The van der Waals surface area contributed by atoms with Gasteiger partial charge in [-0.15, -0.1) is 0 Å². The van der Waals surface area contributed by atoms with Crippen molar-refractivity contribution in [2.75, 3.05) is 12.4 Å².